The third-order valence-corrected chi connectivity index (χ3v) is 20.0. The van der Waals surface area contributed by atoms with E-state index in [2.05, 4.69) is 47.2 Å². The minimum absolute atomic E-state index is 0.00000260. The number of nitrogens with one attached hydrogen (secondary N) is 7. The molecule has 0 saturated carbocycles. The van der Waals surface area contributed by atoms with Crippen LogP contribution in [-0.4, -0.2) is 194 Å². The van der Waals surface area contributed by atoms with Crippen LogP contribution in [0.15, 0.2) is 93.3 Å². The van der Waals surface area contributed by atoms with Crippen molar-refractivity contribution < 1.29 is 72.9 Å². The summed E-state index contributed by atoms with van der Waals surface area (Å²) in [5.41, 5.74) is 7.95. The van der Waals surface area contributed by atoms with Crippen molar-refractivity contribution in [3.63, 3.8) is 0 Å². The zero-order valence-electron chi connectivity index (χ0n) is 65.1. The molecule has 9 amide bonds. The van der Waals surface area contributed by atoms with Crippen LogP contribution in [0.1, 0.15) is 198 Å². The van der Waals surface area contributed by atoms with Gasteiger partial charge >= 0.3 is 5.97 Å². The van der Waals surface area contributed by atoms with E-state index in [1.165, 1.54) is 9.80 Å². The van der Waals surface area contributed by atoms with Crippen LogP contribution in [0.5, 0.6) is 0 Å². The predicted octanol–water partition coefficient (Wildman–Crippen LogP) is 6.55. The fourth-order valence-electron chi connectivity index (χ4n) is 14.5. The van der Waals surface area contributed by atoms with Crippen LogP contribution in [-0.2, 0) is 70.4 Å². The molecule has 27 nitrogen and oxygen atoms in total. The summed E-state index contributed by atoms with van der Waals surface area (Å²) in [7, 11) is 0. The maximum atomic E-state index is 15.1. The van der Waals surface area contributed by atoms with Gasteiger partial charge in [0, 0.05) is 76.1 Å². The number of carboxylic acids is 1. The first-order valence-corrected chi connectivity index (χ1v) is 38.0. The summed E-state index contributed by atoms with van der Waals surface area (Å²) in [6.45, 7) is 25.4. The van der Waals surface area contributed by atoms with Gasteiger partial charge < -0.3 is 68.1 Å². The molecule has 0 radical (unpaired) electrons. The topological polar surface area (TPSA) is 407 Å². The maximum Gasteiger partial charge on any atom is 0.326 e. The number of aliphatic carboxylic acids is 1. The molecule has 2 heterocycles. The van der Waals surface area contributed by atoms with Crippen LogP contribution < -0.4 is 43.0 Å². The van der Waals surface area contributed by atoms with Crippen molar-refractivity contribution in [2.24, 2.45) is 50.2 Å². The van der Waals surface area contributed by atoms with Gasteiger partial charge in [-0.15, -0.1) is 0 Å². The molecule has 588 valence electrons. The number of benzene rings is 2. The van der Waals surface area contributed by atoms with E-state index in [-0.39, 0.29) is 155 Å². The molecule has 0 aromatic heterocycles. The first kappa shape index (κ1) is 86.8. The molecule has 107 heavy (non-hydrogen) atoms. The Hall–Kier alpha value is -9.14. The number of aliphatic hydroxyl groups is 2. The molecule has 2 aliphatic carbocycles. The molecular weight excluding hydrogens is 1370 g/mol. The van der Waals surface area contributed by atoms with Crippen LogP contribution in [0.3, 0.4) is 0 Å². The molecule has 10 atom stereocenters. The molecule has 2 aromatic rings. The molecule has 0 bridgehead atoms. The van der Waals surface area contributed by atoms with Crippen LogP contribution in [0.2, 0.25) is 0 Å². The van der Waals surface area contributed by atoms with Gasteiger partial charge in [0.05, 0.1) is 17.2 Å². The van der Waals surface area contributed by atoms with E-state index in [9.17, 15) is 63.3 Å². The Morgan fingerprint density at radius 1 is 0.495 bits per heavy atom. The number of likely N-dealkylation sites (tertiary alicyclic amines) is 2. The summed E-state index contributed by atoms with van der Waals surface area (Å²) in [6.07, 6.45) is 3.05. The third kappa shape index (κ3) is 25.5. The van der Waals surface area contributed by atoms with Crippen molar-refractivity contribution in [1.29, 1.82) is 0 Å². The number of carbonyl (C=O) groups excluding carboxylic acids is 11. The van der Waals surface area contributed by atoms with Crippen LogP contribution in [0, 0.1) is 34.5 Å². The van der Waals surface area contributed by atoms with Gasteiger partial charge in [-0.25, -0.2) is 4.79 Å². The highest BCUT2D eigenvalue weighted by molar-refractivity contribution is 6.23. The lowest BCUT2D eigenvalue weighted by Gasteiger charge is -2.32. The summed E-state index contributed by atoms with van der Waals surface area (Å²) < 4.78 is 0. The number of ketones is 2. The summed E-state index contributed by atoms with van der Waals surface area (Å²) in [6, 6.07) is 5.69. The van der Waals surface area contributed by atoms with Crippen molar-refractivity contribution in [3.05, 3.63) is 94.5 Å². The standard InChI is InChI=1S/C80H118N12O15/c1-45(2)37-55(85-69(97)53(81)29-21-33-82-49(9)65-61(93)41-79(11,12)42-62(65)94)71(99)87-57(39-51-25-17-15-18-26-51)76(104)91-35-23-31-59(91)73(101)89-67(47(5)6)75(103)84-54(30-22-34-83-50(10)66-63(95)43-80(13,14)44-64(66)96)70(98)86-56(38-46(3)4)72(100)88-58(40-52-27-19-16-20-28-52)77(105)92-36-24-32-60(92)74(102)90-68(48(7)8)78(106)107/h15-20,25-28,45-48,53-60,67-68,93,95H,21-24,29-44,81H2,1-14H3,(H,84,103)(H,85,97)(H,86,98)(H,87,99)(H,88,100)(H,89,101)(H,90,102)(H,106,107)/t53-,54-,55-,56-,57+,58+,59-,60-,67-,68-/m0/s1. The average Bonchev–Trinajstić information content (AvgIpc) is 1.74. The van der Waals surface area contributed by atoms with Gasteiger partial charge in [-0.3, -0.25) is 62.7 Å². The second-order valence-corrected chi connectivity index (χ2v) is 32.5. The molecule has 2 aliphatic heterocycles. The number of carbonyl (C=O) groups is 12. The van der Waals surface area contributed by atoms with Gasteiger partial charge in [-0.2, -0.15) is 0 Å². The summed E-state index contributed by atoms with van der Waals surface area (Å²) in [4.78, 5) is 182. The quantitative estimate of drug-likeness (QED) is 0.0252. The average molecular weight is 1490 g/mol. The lowest BCUT2D eigenvalue weighted by molar-refractivity contribution is -0.146. The molecule has 2 saturated heterocycles. The number of hydrogen-bond acceptors (Lipinski definition) is 17. The van der Waals surface area contributed by atoms with E-state index >= 15 is 9.59 Å². The van der Waals surface area contributed by atoms with Gasteiger partial charge in [0.25, 0.3) is 0 Å². The Balaban J connectivity index is 1.22. The van der Waals surface area contributed by atoms with Gasteiger partial charge in [0.15, 0.2) is 11.6 Å². The molecule has 2 fully saturated rings. The zero-order chi connectivity index (χ0) is 79.4. The number of allylic oxidation sites excluding steroid dienone is 4. The molecular formula is C80H118N12O15. The fourth-order valence-corrected chi connectivity index (χ4v) is 14.5. The van der Waals surface area contributed by atoms with E-state index in [1.54, 1.807) is 102 Å². The molecule has 2 aromatic carbocycles. The van der Waals surface area contributed by atoms with E-state index in [0.29, 0.717) is 48.2 Å². The lowest BCUT2D eigenvalue weighted by Crippen LogP contribution is -2.61. The second kappa shape index (κ2) is 39.6. The molecule has 27 heteroatoms. The summed E-state index contributed by atoms with van der Waals surface area (Å²) in [5.74, 6) is -9.33. The first-order chi connectivity index (χ1) is 50.3. The number of Topliss-reactive ketones (excluding diaryl/α,β-unsaturated/α-hetero) is 2. The highest BCUT2D eigenvalue weighted by atomic mass is 16.4. The number of nitrogens with two attached hydrogens (primary N) is 1. The Morgan fingerprint density at radius 3 is 1.24 bits per heavy atom. The number of nitrogens with zero attached hydrogens (tertiary/aromatic N) is 4. The van der Waals surface area contributed by atoms with Gasteiger partial charge in [0.1, 0.15) is 65.9 Å². The minimum Gasteiger partial charge on any atom is -0.511 e. The predicted molar refractivity (Wildman–Crippen MR) is 407 cm³/mol. The molecule has 0 unspecified atom stereocenters. The number of carboxylic acid groups (broad SMARTS) is 1. The van der Waals surface area contributed by atoms with Gasteiger partial charge in [0.2, 0.25) is 53.2 Å². The Labute approximate surface area is 630 Å². The lowest BCUT2D eigenvalue weighted by atomic mass is 9.76. The SMILES string of the molecule is CC(=NCCC[C@H](NC(=O)[C@@H](NC(=O)[C@@H]1CCCN1C(=O)[C@@H](Cc1ccccc1)NC(=O)[C@H](CC(C)C)NC(=O)[C@@H](N)CCCN=C(C)C1=C(O)CC(C)(C)CC1=O)C(C)C)C(=O)N[C@@H](CC(C)C)C(=O)N[C@H](Cc1ccccc1)C(=O)N1CCC[C@H]1C(=O)N[C@H](C(=O)O)C(C)C)C1=C(O)CC(C)(C)CC1=O. The maximum absolute atomic E-state index is 15.1. The van der Waals surface area contributed by atoms with Crippen molar-refractivity contribution in [2.75, 3.05) is 26.2 Å². The van der Waals surface area contributed by atoms with E-state index in [1.807, 2.05) is 55.4 Å². The van der Waals surface area contributed by atoms with E-state index < -0.39 is 137 Å². The van der Waals surface area contributed by atoms with Crippen molar-refractivity contribution in [3.8, 4) is 0 Å². The summed E-state index contributed by atoms with van der Waals surface area (Å²) >= 11 is 0. The molecule has 12 N–H and O–H groups in total. The number of hydrogen-bond donors (Lipinski definition) is 11. The Kier molecular flexibility index (Phi) is 32.1. The monoisotopic (exact) mass is 1490 g/mol. The molecule has 6 rings (SSSR count). The highest BCUT2D eigenvalue weighted by Gasteiger charge is 2.44. The van der Waals surface area contributed by atoms with Gasteiger partial charge in [-0.05, 0) is 124 Å². The third-order valence-electron chi connectivity index (χ3n) is 20.0. The zero-order valence-corrected chi connectivity index (χ0v) is 65.1. The smallest absolute Gasteiger partial charge is 0.326 e. The number of amides is 9. The molecule has 4 aliphatic rings. The number of aliphatic imine (C=N–C) groups is 2. The van der Waals surface area contributed by atoms with Crippen LogP contribution in [0.25, 0.3) is 0 Å². The minimum atomic E-state index is -1.40. The van der Waals surface area contributed by atoms with Gasteiger partial charge in [-0.1, -0.05) is 144 Å². The van der Waals surface area contributed by atoms with E-state index in [4.69, 9.17) is 5.73 Å². The van der Waals surface area contributed by atoms with Crippen LogP contribution >= 0.6 is 0 Å². The van der Waals surface area contributed by atoms with Crippen molar-refractivity contribution in [1.82, 2.24) is 47.0 Å². The largest absolute Gasteiger partial charge is 0.511 e. The van der Waals surface area contributed by atoms with Crippen LogP contribution in [0.4, 0.5) is 0 Å². The van der Waals surface area contributed by atoms with Crippen molar-refractivity contribution in [2.45, 2.75) is 260 Å². The Bertz CT molecular complexity index is 3660. The fraction of sp³-hybridized carbons (Fsp3) is 0.625. The number of aliphatic hydroxyl groups excluding tert-OH is 2. The second-order valence-electron chi connectivity index (χ2n) is 32.5. The summed E-state index contributed by atoms with van der Waals surface area (Å²) in [5, 5.41) is 51.3. The Morgan fingerprint density at radius 2 is 0.860 bits per heavy atom. The molecule has 0 spiro atoms. The normalized spacial score (nSPS) is 19.9. The highest BCUT2D eigenvalue weighted by Crippen LogP contribution is 2.38. The van der Waals surface area contributed by atoms with E-state index in [0.717, 1.165) is 0 Å². The number of rotatable bonds is 37. The van der Waals surface area contributed by atoms with Crippen molar-refractivity contribution >= 4 is 82.1 Å². The first-order valence-electron chi connectivity index (χ1n) is 38.0.